The summed E-state index contributed by atoms with van der Waals surface area (Å²) in [5, 5.41) is 26.5. The van der Waals surface area contributed by atoms with Gasteiger partial charge in [-0.3, -0.25) is 20.0 Å². The average Bonchev–Trinajstić information content (AvgIpc) is 3.49. The molecule has 0 saturated carbocycles. The van der Waals surface area contributed by atoms with Crippen LogP contribution in [0.2, 0.25) is 0 Å². The number of aromatic nitrogens is 5. The van der Waals surface area contributed by atoms with E-state index in [2.05, 4.69) is 30.8 Å². The number of para-hydroxylation sites is 1. The number of non-ortho nitro benzene ring substituents is 1. The number of hydrogen-bond donors (Lipinski definition) is 2. The lowest BCUT2D eigenvalue weighted by atomic mass is 10.1. The zero-order chi connectivity index (χ0) is 22.3. The molecule has 0 unspecified atom stereocenters. The van der Waals surface area contributed by atoms with Gasteiger partial charge in [0.25, 0.3) is 11.6 Å². The van der Waals surface area contributed by atoms with E-state index in [0.29, 0.717) is 22.0 Å². The van der Waals surface area contributed by atoms with E-state index in [1.54, 1.807) is 23.0 Å². The molecular weight excluding hydrogens is 432 g/mol. The van der Waals surface area contributed by atoms with E-state index in [-0.39, 0.29) is 17.3 Å². The first kappa shape index (κ1) is 20.9. The van der Waals surface area contributed by atoms with Gasteiger partial charge in [0.05, 0.1) is 22.6 Å². The number of carbonyl (C=O) groups excluding carboxylic acids is 1. The molecule has 12 heteroatoms. The average molecular weight is 448 g/mol. The molecule has 2 N–H and O–H groups in total. The van der Waals surface area contributed by atoms with Crippen LogP contribution in [0.5, 0.6) is 0 Å². The van der Waals surface area contributed by atoms with Crippen LogP contribution in [0.15, 0.2) is 77.4 Å². The molecule has 0 atom stereocenters. The third-order valence-electron chi connectivity index (χ3n) is 4.24. The molecule has 0 saturated heterocycles. The fraction of sp³-hybridized carbons (Fsp3) is 0.0500. The molecular formula is C20H16N8O3S. The number of nitro benzene ring substituents is 1. The van der Waals surface area contributed by atoms with Gasteiger partial charge >= 0.3 is 0 Å². The summed E-state index contributed by atoms with van der Waals surface area (Å²) in [6.45, 7) is 0. The van der Waals surface area contributed by atoms with Gasteiger partial charge in [-0.15, -0.1) is 0 Å². The van der Waals surface area contributed by atoms with Crippen LogP contribution in [-0.4, -0.2) is 47.8 Å². The molecule has 32 heavy (non-hydrogen) atoms. The van der Waals surface area contributed by atoms with Crippen molar-refractivity contribution < 1.29 is 9.72 Å². The molecule has 11 nitrogen and oxygen atoms in total. The Balaban J connectivity index is 1.55. The second-order valence-electron chi connectivity index (χ2n) is 6.39. The highest BCUT2D eigenvalue weighted by molar-refractivity contribution is 7.99. The Kier molecular flexibility index (Phi) is 6.32. The second kappa shape index (κ2) is 9.66. The SMILES string of the molecule is O=C(CSc1ncn[nH]1)N/N=C/c1cn(-c2ccccc2)nc1-c1ccc([N+](=O)[O-])cc1. The Hall–Kier alpha value is -4.32. The third-order valence-corrected chi connectivity index (χ3v) is 5.12. The molecule has 0 radical (unpaired) electrons. The van der Waals surface area contributed by atoms with E-state index in [0.717, 1.165) is 5.69 Å². The van der Waals surface area contributed by atoms with Crippen molar-refractivity contribution in [2.24, 2.45) is 5.10 Å². The molecule has 2 aromatic carbocycles. The van der Waals surface area contributed by atoms with Crippen molar-refractivity contribution in [3.63, 3.8) is 0 Å². The number of hydrazone groups is 1. The van der Waals surface area contributed by atoms with Crippen LogP contribution in [0.3, 0.4) is 0 Å². The van der Waals surface area contributed by atoms with Gasteiger partial charge in [0.15, 0.2) is 5.16 Å². The summed E-state index contributed by atoms with van der Waals surface area (Å²) >= 11 is 1.20. The van der Waals surface area contributed by atoms with Gasteiger partial charge in [-0.2, -0.15) is 15.3 Å². The molecule has 0 aliphatic carbocycles. The van der Waals surface area contributed by atoms with E-state index in [1.807, 2.05) is 30.3 Å². The van der Waals surface area contributed by atoms with Crippen molar-refractivity contribution in [3.05, 3.63) is 82.8 Å². The minimum Gasteiger partial charge on any atom is -0.272 e. The lowest BCUT2D eigenvalue weighted by Crippen LogP contribution is -2.19. The smallest absolute Gasteiger partial charge is 0.269 e. The van der Waals surface area contributed by atoms with E-state index < -0.39 is 4.92 Å². The van der Waals surface area contributed by atoms with E-state index >= 15 is 0 Å². The fourth-order valence-corrected chi connectivity index (χ4v) is 3.34. The highest BCUT2D eigenvalue weighted by atomic mass is 32.2. The summed E-state index contributed by atoms with van der Waals surface area (Å²) in [6, 6.07) is 15.6. The van der Waals surface area contributed by atoms with Crippen molar-refractivity contribution in [1.29, 1.82) is 0 Å². The zero-order valence-electron chi connectivity index (χ0n) is 16.5. The third kappa shape index (κ3) is 5.05. The summed E-state index contributed by atoms with van der Waals surface area (Å²) in [4.78, 5) is 26.4. The molecule has 2 heterocycles. The van der Waals surface area contributed by atoms with Crippen LogP contribution in [-0.2, 0) is 4.79 Å². The topological polar surface area (TPSA) is 144 Å². The molecule has 0 spiro atoms. The molecule has 1 amide bonds. The minimum absolute atomic E-state index is 0.0111. The molecule has 0 bridgehead atoms. The van der Waals surface area contributed by atoms with Crippen molar-refractivity contribution in [1.82, 2.24) is 30.4 Å². The molecule has 160 valence electrons. The number of thioether (sulfide) groups is 1. The van der Waals surface area contributed by atoms with Gasteiger partial charge in [0.1, 0.15) is 12.0 Å². The van der Waals surface area contributed by atoms with Gasteiger partial charge < -0.3 is 0 Å². The highest BCUT2D eigenvalue weighted by Crippen LogP contribution is 2.25. The number of hydrogen-bond acceptors (Lipinski definition) is 8. The maximum atomic E-state index is 12.0. The molecule has 0 aliphatic heterocycles. The monoisotopic (exact) mass is 448 g/mol. The van der Waals surface area contributed by atoms with Crippen LogP contribution < -0.4 is 5.43 Å². The van der Waals surface area contributed by atoms with Gasteiger partial charge in [0.2, 0.25) is 0 Å². The molecule has 2 aromatic heterocycles. The molecule has 0 fully saturated rings. The van der Waals surface area contributed by atoms with Crippen molar-refractivity contribution in [2.75, 3.05) is 5.75 Å². The fourth-order valence-electron chi connectivity index (χ4n) is 2.76. The van der Waals surface area contributed by atoms with Gasteiger partial charge in [-0.1, -0.05) is 30.0 Å². The number of rotatable bonds is 8. The Labute approximate surface area is 185 Å². The van der Waals surface area contributed by atoms with Gasteiger partial charge in [-0.25, -0.2) is 15.1 Å². The van der Waals surface area contributed by atoms with Crippen LogP contribution in [0.1, 0.15) is 5.56 Å². The molecule has 0 aliphatic rings. The van der Waals surface area contributed by atoms with Crippen LogP contribution in [0, 0.1) is 10.1 Å². The Bertz CT molecular complexity index is 1240. The predicted molar refractivity (Wildman–Crippen MR) is 118 cm³/mol. The Morgan fingerprint density at radius 3 is 2.69 bits per heavy atom. The second-order valence-corrected chi connectivity index (χ2v) is 7.35. The van der Waals surface area contributed by atoms with Crippen LogP contribution >= 0.6 is 11.8 Å². The van der Waals surface area contributed by atoms with Crippen molar-refractivity contribution in [3.8, 4) is 16.9 Å². The molecule has 4 aromatic rings. The van der Waals surface area contributed by atoms with Crippen LogP contribution in [0.25, 0.3) is 16.9 Å². The zero-order valence-corrected chi connectivity index (χ0v) is 17.3. The first-order chi connectivity index (χ1) is 15.6. The maximum absolute atomic E-state index is 12.0. The van der Waals surface area contributed by atoms with Crippen molar-refractivity contribution in [2.45, 2.75) is 5.16 Å². The van der Waals surface area contributed by atoms with Gasteiger partial charge in [-0.05, 0) is 24.3 Å². The van der Waals surface area contributed by atoms with Gasteiger partial charge in [0, 0.05) is 29.5 Å². The predicted octanol–water partition coefficient (Wildman–Crippen LogP) is 2.81. The first-order valence-corrected chi connectivity index (χ1v) is 10.3. The number of benzene rings is 2. The lowest BCUT2D eigenvalue weighted by molar-refractivity contribution is -0.384. The molecule has 4 rings (SSSR count). The van der Waals surface area contributed by atoms with E-state index in [1.165, 1.54) is 36.4 Å². The summed E-state index contributed by atoms with van der Waals surface area (Å²) in [5.74, 6) is -0.194. The Morgan fingerprint density at radius 2 is 2.00 bits per heavy atom. The van der Waals surface area contributed by atoms with E-state index in [4.69, 9.17) is 0 Å². The van der Waals surface area contributed by atoms with Crippen LogP contribution in [0.4, 0.5) is 5.69 Å². The summed E-state index contributed by atoms with van der Waals surface area (Å²) in [5.41, 5.74) is 5.17. The Morgan fingerprint density at radius 1 is 1.22 bits per heavy atom. The van der Waals surface area contributed by atoms with E-state index in [9.17, 15) is 14.9 Å². The summed E-state index contributed by atoms with van der Waals surface area (Å²) in [7, 11) is 0. The first-order valence-electron chi connectivity index (χ1n) is 9.30. The number of H-pyrrole nitrogens is 1. The normalized spacial score (nSPS) is 11.0. The number of aromatic amines is 1. The summed E-state index contributed by atoms with van der Waals surface area (Å²) in [6.07, 6.45) is 4.62. The number of nitro groups is 1. The number of amides is 1. The largest absolute Gasteiger partial charge is 0.272 e. The maximum Gasteiger partial charge on any atom is 0.269 e. The standard InChI is InChI=1S/C20H16N8O3S/c29-18(12-32-20-21-13-23-25-20)24-22-10-15-11-27(16-4-2-1-3-5-16)26-19(15)14-6-8-17(9-7-14)28(30)31/h1-11,13H,12H2,(H,24,29)(H,21,23,25)/b22-10+. The highest BCUT2D eigenvalue weighted by Gasteiger charge is 2.13. The number of nitrogens with zero attached hydrogens (tertiary/aromatic N) is 6. The number of carbonyl (C=O) groups is 1. The lowest BCUT2D eigenvalue weighted by Gasteiger charge is -2.00. The quantitative estimate of drug-likeness (QED) is 0.182. The van der Waals surface area contributed by atoms with Crippen molar-refractivity contribution >= 4 is 29.6 Å². The minimum atomic E-state index is -0.457. The summed E-state index contributed by atoms with van der Waals surface area (Å²) < 4.78 is 1.68. The number of nitrogens with one attached hydrogen (secondary N) is 2.